The second-order valence-corrected chi connectivity index (χ2v) is 6.11. The fourth-order valence-electron chi connectivity index (χ4n) is 1.88. The van der Waals surface area contributed by atoms with Gasteiger partial charge in [0.25, 0.3) is 0 Å². The number of carboxylic acids is 2. The normalized spacial score (nSPS) is 11.5. The van der Waals surface area contributed by atoms with Gasteiger partial charge in [-0.15, -0.1) is 11.3 Å². The number of hydrogen-bond donors (Lipinski definition) is 2. The number of carboxylic acid groups (broad SMARTS) is 2. The van der Waals surface area contributed by atoms with Gasteiger partial charge in [0.15, 0.2) is 0 Å². The maximum Gasteiger partial charge on any atom is 0.347 e. The standard InChI is InChI=1S/C16H14N2O5S/c1-8(15(19)20)7-23-12-4-3-10(5-11(12)6-17)14-18-9(2)13(24-14)16(21)22/h3-5,8H,7H2,1-2H3,(H,19,20)(H,21,22). The van der Waals surface area contributed by atoms with Crippen molar-refractivity contribution in [3.63, 3.8) is 0 Å². The third-order valence-corrected chi connectivity index (χ3v) is 4.44. The number of ether oxygens (including phenoxy) is 1. The van der Waals surface area contributed by atoms with Crippen molar-refractivity contribution in [2.24, 2.45) is 5.92 Å². The van der Waals surface area contributed by atoms with Gasteiger partial charge in [-0.25, -0.2) is 9.78 Å². The summed E-state index contributed by atoms with van der Waals surface area (Å²) in [6.07, 6.45) is 0. The van der Waals surface area contributed by atoms with Crippen LogP contribution in [0.5, 0.6) is 5.75 Å². The average molecular weight is 346 g/mol. The Hall–Kier alpha value is -2.92. The van der Waals surface area contributed by atoms with E-state index in [-0.39, 0.29) is 22.8 Å². The largest absolute Gasteiger partial charge is 0.491 e. The third kappa shape index (κ3) is 3.70. The van der Waals surface area contributed by atoms with Crippen molar-refractivity contribution in [1.29, 1.82) is 5.26 Å². The van der Waals surface area contributed by atoms with E-state index < -0.39 is 17.9 Å². The van der Waals surface area contributed by atoms with Crippen LogP contribution in [0.4, 0.5) is 0 Å². The minimum atomic E-state index is -1.04. The number of nitrogens with zero attached hydrogens (tertiary/aromatic N) is 2. The fraction of sp³-hybridized carbons (Fsp3) is 0.250. The van der Waals surface area contributed by atoms with Crippen LogP contribution in [0.1, 0.15) is 27.9 Å². The van der Waals surface area contributed by atoms with Crippen LogP contribution >= 0.6 is 11.3 Å². The Kier molecular flexibility index (Phi) is 5.16. The summed E-state index contributed by atoms with van der Waals surface area (Å²) in [6.45, 7) is 3.07. The molecule has 124 valence electrons. The number of nitriles is 1. The lowest BCUT2D eigenvalue weighted by atomic mass is 10.1. The second-order valence-electron chi connectivity index (χ2n) is 5.11. The summed E-state index contributed by atoms with van der Waals surface area (Å²) in [5.74, 6) is -2.44. The minimum absolute atomic E-state index is 0.0527. The fourth-order valence-corrected chi connectivity index (χ4v) is 2.78. The van der Waals surface area contributed by atoms with E-state index in [1.54, 1.807) is 25.1 Å². The predicted octanol–water partition coefficient (Wildman–Crippen LogP) is 2.79. The molecule has 0 radical (unpaired) electrons. The van der Waals surface area contributed by atoms with E-state index in [1.807, 2.05) is 6.07 Å². The quantitative estimate of drug-likeness (QED) is 0.825. The molecule has 0 saturated heterocycles. The molecular formula is C16H14N2O5S. The maximum absolute atomic E-state index is 11.1. The highest BCUT2D eigenvalue weighted by atomic mass is 32.1. The van der Waals surface area contributed by atoms with Crippen LogP contribution < -0.4 is 4.74 Å². The summed E-state index contributed by atoms with van der Waals surface area (Å²) < 4.78 is 5.39. The van der Waals surface area contributed by atoms with Gasteiger partial charge in [-0.05, 0) is 32.0 Å². The molecule has 0 spiro atoms. The van der Waals surface area contributed by atoms with Gasteiger partial charge in [-0.1, -0.05) is 0 Å². The molecule has 0 bridgehead atoms. The van der Waals surface area contributed by atoms with Crippen LogP contribution in [0.3, 0.4) is 0 Å². The van der Waals surface area contributed by atoms with Gasteiger partial charge in [-0.2, -0.15) is 5.26 Å². The van der Waals surface area contributed by atoms with Crippen molar-refractivity contribution in [2.75, 3.05) is 6.61 Å². The Morgan fingerprint density at radius 2 is 2.12 bits per heavy atom. The van der Waals surface area contributed by atoms with Gasteiger partial charge in [0.1, 0.15) is 28.3 Å². The second kappa shape index (κ2) is 7.10. The van der Waals surface area contributed by atoms with E-state index in [4.69, 9.17) is 14.9 Å². The Balaban J connectivity index is 2.29. The smallest absolute Gasteiger partial charge is 0.347 e. The molecule has 2 N–H and O–H groups in total. The van der Waals surface area contributed by atoms with Gasteiger partial charge >= 0.3 is 11.9 Å². The highest BCUT2D eigenvalue weighted by molar-refractivity contribution is 7.17. The summed E-state index contributed by atoms with van der Waals surface area (Å²) in [6, 6.07) is 6.75. The number of rotatable bonds is 6. The molecule has 0 fully saturated rings. The predicted molar refractivity (Wildman–Crippen MR) is 86.3 cm³/mol. The van der Waals surface area contributed by atoms with Gasteiger partial charge in [0, 0.05) is 5.56 Å². The Morgan fingerprint density at radius 3 is 2.67 bits per heavy atom. The van der Waals surface area contributed by atoms with E-state index in [1.165, 1.54) is 6.92 Å². The first-order valence-electron chi connectivity index (χ1n) is 6.94. The summed E-state index contributed by atoms with van der Waals surface area (Å²) >= 11 is 1.03. The zero-order valence-electron chi connectivity index (χ0n) is 12.9. The monoisotopic (exact) mass is 346 g/mol. The first-order valence-corrected chi connectivity index (χ1v) is 7.76. The topological polar surface area (TPSA) is 121 Å². The molecule has 2 rings (SSSR count). The molecule has 0 aliphatic carbocycles. The SMILES string of the molecule is Cc1nc(-c2ccc(OCC(C)C(=O)O)c(C#N)c2)sc1C(=O)O. The highest BCUT2D eigenvalue weighted by Gasteiger charge is 2.17. The van der Waals surface area contributed by atoms with Gasteiger partial charge < -0.3 is 14.9 Å². The van der Waals surface area contributed by atoms with E-state index >= 15 is 0 Å². The molecule has 1 unspecified atom stereocenters. The lowest BCUT2D eigenvalue weighted by molar-refractivity contribution is -0.142. The van der Waals surface area contributed by atoms with Crippen LogP contribution in [0.25, 0.3) is 10.6 Å². The minimum Gasteiger partial charge on any atom is -0.491 e. The van der Waals surface area contributed by atoms with E-state index in [0.717, 1.165) is 11.3 Å². The third-order valence-electron chi connectivity index (χ3n) is 3.25. The lowest BCUT2D eigenvalue weighted by Gasteiger charge is -2.11. The number of aryl methyl sites for hydroxylation is 1. The van der Waals surface area contributed by atoms with Crippen LogP contribution in [-0.4, -0.2) is 33.7 Å². The molecule has 0 aliphatic rings. The molecule has 2 aromatic rings. The molecule has 0 saturated carbocycles. The molecule has 1 atom stereocenters. The Labute approximate surface area is 141 Å². The summed E-state index contributed by atoms with van der Waals surface area (Å²) in [5.41, 5.74) is 1.25. The van der Waals surface area contributed by atoms with Crippen molar-refractivity contribution >= 4 is 23.3 Å². The molecular weight excluding hydrogens is 332 g/mol. The van der Waals surface area contributed by atoms with E-state index in [0.29, 0.717) is 16.3 Å². The number of aliphatic carboxylic acids is 1. The molecule has 24 heavy (non-hydrogen) atoms. The number of benzene rings is 1. The molecule has 7 nitrogen and oxygen atoms in total. The Bertz CT molecular complexity index is 837. The number of aromatic nitrogens is 1. The Morgan fingerprint density at radius 1 is 1.42 bits per heavy atom. The molecule has 8 heteroatoms. The molecule has 0 aliphatic heterocycles. The average Bonchev–Trinajstić information content (AvgIpc) is 2.94. The number of hydrogen-bond acceptors (Lipinski definition) is 6. The zero-order chi connectivity index (χ0) is 17.9. The molecule has 1 aromatic heterocycles. The van der Waals surface area contributed by atoms with Crippen molar-refractivity contribution in [2.45, 2.75) is 13.8 Å². The summed E-state index contributed by atoms with van der Waals surface area (Å²) in [4.78, 5) is 26.3. The van der Waals surface area contributed by atoms with Gasteiger partial charge in [-0.3, -0.25) is 4.79 Å². The van der Waals surface area contributed by atoms with Crippen molar-refractivity contribution in [3.8, 4) is 22.4 Å². The number of thiazole rings is 1. The van der Waals surface area contributed by atoms with Crippen molar-refractivity contribution in [3.05, 3.63) is 34.3 Å². The molecule has 1 aromatic carbocycles. The summed E-state index contributed by atoms with van der Waals surface area (Å²) in [5, 5.41) is 27.7. The molecule has 1 heterocycles. The number of carbonyl (C=O) groups is 2. The van der Waals surface area contributed by atoms with Crippen LogP contribution in [0.15, 0.2) is 18.2 Å². The van der Waals surface area contributed by atoms with E-state index in [9.17, 15) is 14.9 Å². The van der Waals surface area contributed by atoms with Crippen molar-refractivity contribution in [1.82, 2.24) is 4.98 Å². The first-order chi connectivity index (χ1) is 11.3. The van der Waals surface area contributed by atoms with Crippen LogP contribution in [0.2, 0.25) is 0 Å². The number of aromatic carboxylic acids is 1. The molecule has 0 amide bonds. The first kappa shape index (κ1) is 17.4. The van der Waals surface area contributed by atoms with E-state index in [2.05, 4.69) is 4.98 Å². The summed E-state index contributed by atoms with van der Waals surface area (Å²) in [7, 11) is 0. The zero-order valence-corrected chi connectivity index (χ0v) is 13.8. The lowest BCUT2D eigenvalue weighted by Crippen LogP contribution is -2.18. The van der Waals surface area contributed by atoms with Crippen LogP contribution in [-0.2, 0) is 4.79 Å². The van der Waals surface area contributed by atoms with Crippen LogP contribution in [0, 0.1) is 24.2 Å². The highest BCUT2D eigenvalue weighted by Crippen LogP contribution is 2.31. The van der Waals surface area contributed by atoms with Crippen molar-refractivity contribution < 1.29 is 24.5 Å². The maximum atomic E-state index is 11.1. The van der Waals surface area contributed by atoms with Gasteiger partial charge in [0.2, 0.25) is 0 Å². The van der Waals surface area contributed by atoms with Gasteiger partial charge in [0.05, 0.1) is 17.2 Å².